The van der Waals surface area contributed by atoms with Crippen LogP contribution in [0.3, 0.4) is 0 Å². The SMILES string of the molecule is Nn1c(SCCOc2ccc(Br)cc2)nnc1-c1ccc(F)cc1. The Labute approximate surface area is 151 Å². The van der Waals surface area contributed by atoms with Crippen LogP contribution in [0.2, 0.25) is 0 Å². The molecule has 0 spiro atoms. The van der Waals surface area contributed by atoms with Crippen LogP contribution in [0.4, 0.5) is 4.39 Å². The highest BCUT2D eigenvalue weighted by Gasteiger charge is 2.12. The molecule has 0 unspecified atom stereocenters. The zero-order valence-corrected chi connectivity index (χ0v) is 14.9. The highest BCUT2D eigenvalue weighted by Crippen LogP contribution is 2.22. The second-order valence-corrected chi connectivity index (χ2v) is 6.81. The third kappa shape index (κ3) is 4.07. The van der Waals surface area contributed by atoms with E-state index in [1.54, 1.807) is 12.1 Å². The first-order valence-corrected chi connectivity index (χ1v) is 8.89. The zero-order valence-electron chi connectivity index (χ0n) is 12.5. The normalized spacial score (nSPS) is 10.8. The number of ether oxygens (including phenoxy) is 1. The average Bonchev–Trinajstić information content (AvgIpc) is 2.95. The van der Waals surface area contributed by atoms with Crippen molar-refractivity contribution in [2.24, 2.45) is 0 Å². The third-order valence-electron chi connectivity index (χ3n) is 3.16. The quantitative estimate of drug-likeness (QED) is 0.382. The molecular weight excluding hydrogens is 395 g/mol. The Morgan fingerprint density at radius 3 is 2.50 bits per heavy atom. The van der Waals surface area contributed by atoms with Gasteiger partial charge in [0.05, 0.1) is 6.61 Å². The monoisotopic (exact) mass is 408 g/mol. The number of nitrogens with two attached hydrogens (primary N) is 1. The molecule has 0 saturated heterocycles. The molecule has 0 atom stereocenters. The van der Waals surface area contributed by atoms with Gasteiger partial charge in [0.15, 0.2) is 5.82 Å². The maximum absolute atomic E-state index is 13.0. The minimum atomic E-state index is -0.304. The number of hydrogen-bond acceptors (Lipinski definition) is 5. The maximum Gasteiger partial charge on any atom is 0.210 e. The van der Waals surface area contributed by atoms with Gasteiger partial charge in [-0.15, -0.1) is 10.2 Å². The molecule has 1 aromatic heterocycles. The van der Waals surface area contributed by atoms with Crippen LogP contribution in [-0.4, -0.2) is 27.2 Å². The minimum Gasteiger partial charge on any atom is -0.493 e. The molecule has 124 valence electrons. The van der Waals surface area contributed by atoms with Gasteiger partial charge in [0.25, 0.3) is 0 Å². The van der Waals surface area contributed by atoms with Gasteiger partial charge >= 0.3 is 0 Å². The van der Waals surface area contributed by atoms with E-state index in [0.29, 0.717) is 28.9 Å². The number of nitrogen functional groups attached to an aromatic ring is 1. The second kappa shape index (κ2) is 7.67. The van der Waals surface area contributed by atoms with Crippen molar-refractivity contribution in [1.29, 1.82) is 0 Å². The van der Waals surface area contributed by atoms with E-state index in [0.717, 1.165) is 10.2 Å². The van der Waals surface area contributed by atoms with Crippen molar-refractivity contribution in [2.45, 2.75) is 5.16 Å². The van der Waals surface area contributed by atoms with Crippen LogP contribution in [0.25, 0.3) is 11.4 Å². The van der Waals surface area contributed by atoms with Gasteiger partial charge in [0.2, 0.25) is 5.16 Å². The van der Waals surface area contributed by atoms with E-state index >= 15 is 0 Å². The van der Waals surface area contributed by atoms with Crippen molar-refractivity contribution in [3.63, 3.8) is 0 Å². The lowest BCUT2D eigenvalue weighted by Crippen LogP contribution is -2.12. The van der Waals surface area contributed by atoms with Crippen LogP contribution in [0.5, 0.6) is 5.75 Å². The average molecular weight is 409 g/mol. The lowest BCUT2D eigenvalue weighted by Gasteiger charge is -2.06. The molecule has 2 aromatic carbocycles. The van der Waals surface area contributed by atoms with E-state index in [9.17, 15) is 4.39 Å². The van der Waals surface area contributed by atoms with Gasteiger partial charge < -0.3 is 10.6 Å². The van der Waals surface area contributed by atoms with Crippen molar-refractivity contribution in [1.82, 2.24) is 14.9 Å². The first-order chi connectivity index (χ1) is 11.6. The van der Waals surface area contributed by atoms with Gasteiger partial charge in [-0.25, -0.2) is 9.07 Å². The minimum absolute atomic E-state index is 0.304. The summed E-state index contributed by atoms with van der Waals surface area (Å²) < 4.78 is 21.0. The molecule has 8 heteroatoms. The Kier molecular flexibility index (Phi) is 5.37. The fourth-order valence-electron chi connectivity index (χ4n) is 1.99. The zero-order chi connectivity index (χ0) is 16.9. The largest absolute Gasteiger partial charge is 0.493 e. The van der Waals surface area contributed by atoms with Crippen molar-refractivity contribution in [2.75, 3.05) is 18.2 Å². The number of benzene rings is 2. The van der Waals surface area contributed by atoms with Crippen molar-refractivity contribution < 1.29 is 9.13 Å². The number of hydrogen-bond donors (Lipinski definition) is 1. The number of halogens is 2. The number of thioether (sulfide) groups is 1. The molecule has 0 aliphatic heterocycles. The lowest BCUT2D eigenvalue weighted by molar-refractivity contribution is 0.344. The van der Waals surface area contributed by atoms with Gasteiger partial charge in [-0.1, -0.05) is 27.7 Å². The molecule has 3 aromatic rings. The summed E-state index contributed by atoms with van der Waals surface area (Å²) in [6.45, 7) is 0.519. The predicted octanol–water partition coefficient (Wildman–Crippen LogP) is 3.73. The van der Waals surface area contributed by atoms with E-state index in [1.165, 1.54) is 28.6 Å². The smallest absolute Gasteiger partial charge is 0.210 e. The molecule has 1 heterocycles. The first-order valence-electron chi connectivity index (χ1n) is 7.11. The van der Waals surface area contributed by atoms with Crippen molar-refractivity contribution in [3.05, 3.63) is 58.8 Å². The summed E-state index contributed by atoms with van der Waals surface area (Å²) in [5, 5.41) is 8.70. The molecule has 0 aliphatic rings. The van der Waals surface area contributed by atoms with Crippen LogP contribution >= 0.6 is 27.7 Å². The van der Waals surface area contributed by atoms with Crippen LogP contribution in [0, 0.1) is 5.82 Å². The topological polar surface area (TPSA) is 66.0 Å². The van der Waals surface area contributed by atoms with E-state index in [2.05, 4.69) is 26.1 Å². The molecule has 5 nitrogen and oxygen atoms in total. The van der Waals surface area contributed by atoms with Gasteiger partial charge in [0.1, 0.15) is 11.6 Å². The highest BCUT2D eigenvalue weighted by molar-refractivity contribution is 9.10. The highest BCUT2D eigenvalue weighted by atomic mass is 79.9. The van der Waals surface area contributed by atoms with Gasteiger partial charge in [-0.3, -0.25) is 0 Å². The standard InChI is InChI=1S/C16H14BrFN4OS/c17-12-3-7-14(8-4-12)23-9-10-24-16-21-20-15(22(16)19)11-1-5-13(18)6-2-11/h1-8H,9-10,19H2. The summed E-state index contributed by atoms with van der Waals surface area (Å²) in [5.74, 6) is 7.68. The number of aromatic nitrogens is 3. The Morgan fingerprint density at radius 2 is 1.79 bits per heavy atom. The molecule has 3 rings (SSSR count). The van der Waals surface area contributed by atoms with Crippen molar-refractivity contribution >= 4 is 27.7 Å². The molecule has 0 amide bonds. The van der Waals surface area contributed by atoms with Crippen molar-refractivity contribution in [3.8, 4) is 17.1 Å². The van der Waals surface area contributed by atoms with Crippen LogP contribution in [0.1, 0.15) is 0 Å². The van der Waals surface area contributed by atoms with Crippen LogP contribution < -0.4 is 10.6 Å². The van der Waals surface area contributed by atoms with E-state index in [1.807, 2.05) is 24.3 Å². The Morgan fingerprint density at radius 1 is 1.08 bits per heavy atom. The molecule has 0 radical (unpaired) electrons. The van der Waals surface area contributed by atoms with E-state index in [4.69, 9.17) is 10.6 Å². The molecule has 0 fully saturated rings. The number of nitrogens with zero attached hydrogens (tertiary/aromatic N) is 3. The van der Waals surface area contributed by atoms with Gasteiger partial charge in [-0.05, 0) is 48.5 Å². The molecule has 0 bridgehead atoms. The Balaban J connectivity index is 1.56. The lowest BCUT2D eigenvalue weighted by atomic mass is 10.2. The summed E-state index contributed by atoms with van der Waals surface area (Å²) >= 11 is 4.82. The van der Waals surface area contributed by atoms with E-state index in [-0.39, 0.29) is 5.82 Å². The molecule has 24 heavy (non-hydrogen) atoms. The summed E-state index contributed by atoms with van der Waals surface area (Å²) in [6, 6.07) is 13.6. The first kappa shape index (κ1) is 16.8. The molecular formula is C16H14BrFN4OS. The molecule has 2 N–H and O–H groups in total. The summed E-state index contributed by atoms with van der Waals surface area (Å²) in [5.41, 5.74) is 0.712. The molecule has 0 saturated carbocycles. The summed E-state index contributed by atoms with van der Waals surface area (Å²) in [4.78, 5) is 0. The third-order valence-corrected chi connectivity index (χ3v) is 4.60. The second-order valence-electron chi connectivity index (χ2n) is 4.83. The fraction of sp³-hybridized carbons (Fsp3) is 0.125. The maximum atomic E-state index is 13.0. The molecule has 0 aliphatic carbocycles. The summed E-state index contributed by atoms with van der Waals surface area (Å²) in [6.07, 6.45) is 0. The number of rotatable bonds is 6. The van der Waals surface area contributed by atoms with Gasteiger partial charge in [0, 0.05) is 15.8 Å². The van der Waals surface area contributed by atoms with E-state index < -0.39 is 0 Å². The van der Waals surface area contributed by atoms with Crippen LogP contribution in [-0.2, 0) is 0 Å². The van der Waals surface area contributed by atoms with Crippen LogP contribution in [0.15, 0.2) is 58.2 Å². The fourth-order valence-corrected chi connectivity index (χ4v) is 2.93. The predicted molar refractivity (Wildman–Crippen MR) is 95.9 cm³/mol. The summed E-state index contributed by atoms with van der Waals surface area (Å²) in [7, 11) is 0. The Hall–Kier alpha value is -2.06. The van der Waals surface area contributed by atoms with Gasteiger partial charge in [-0.2, -0.15) is 0 Å². The Bertz CT molecular complexity index is 808.